The zero-order valence-electron chi connectivity index (χ0n) is 17.9. The van der Waals surface area contributed by atoms with Gasteiger partial charge in [0, 0.05) is 32.9 Å². The molecule has 0 spiro atoms. The predicted octanol–water partition coefficient (Wildman–Crippen LogP) is 2.11. The van der Waals surface area contributed by atoms with Crippen molar-refractivity contribution in [2.75, 3.05) is 26.7 Å². The number of aliphatic imine (C=N–C) groups is 1. The van der Waals surface area contributed by atoms with Crippen LogP contribution in [0.1, 0.15) is 18.7 Å². The fourth-order valence-electron chi connectivity index (χ4n) is 3.73. The number of fused-ring (bicyclic) bond motifs is 1. The molecule has 1 fully saturated rings. The molecule has 1 aliphatic rings. The number of halogens is 1. The maximum atomic E-state index is 12.8. The number of rotatable bonds is 6. The van der Waals surface area contributed by atoms with Crippen LogP contribution >= 0.6 is 24.0 Å². The van der Waals surface area contributed by atoms with Gasteiger partial charge in [-0.15, -0.1) is 34.2 Å². The average Bonchev–Trinajstić information content (AvgIpc) is 3.23. The Morgan fingerprint density at radius 3 is 2.50 bits per heavy atom. The highest BCUT2D eigenvalue weighted by atomic mass is 127. The molecule has 9 nitrogen and oxygen atoms in total. The molecule has 0 radical (unpaired) electrons. The Morgan fingerprint density at radius 1 is 1.06 bits per heavy atom. The Balaban J connectivity index is 0.00000289. The summed E-state index contributed by atoms with van der Waals surface area (Å²) in [6.07, 6.45) is 3.55. The van der Waals surface area contributed by atoms with Crippen LogP contribution in [0.4, 0.5) is 0 Å². The first-order valence-electron chi connectivity index (χ1n) is 10.4. The zero-order chi connectivity index (χ0) is 21.7. The number of aromatic nitrogens is 3. The van der Waals surface area contributed by atoms with Gasteiger partial charge in [0.05, 0.1) is 11.4 Å². The summed E-state index contributed by atoms with van der Waals surface area (Å²) in [6.45, 7) is 2.29. The van der Waals surface area contributed by atoms with E-state index >= 15 is 0 Å². The maximum Gasteiger partial charge on any atom is 0.243 e. The quantitative estimate of drug-likeness (QED) is 0.268. The average molecular weight is 569 g/mol. The van der Waals surface area contributed by atoms with E-state index in [9.17, 15) is 8.42 Å². The fraction of sp³-hybridized carbons (Fsp3) is 0.381. The van der Waals surface area contributed by atoms with Crippen LogP contribution in [-0.2, 0) is 16.6 Å². The lowest BCUT2D eigenvalue weighted by Gasteiger charge is -2.31. The lowest BCUT2D eigenvalue weighted by molar-refractivity contribution is 0.273. The van der Waals surface area contributed by atoms with Crippen LogP contribution in [0.5, 0.6) is 0 Å². The second-order valence-electron chi connectivity index (χ2n) is 7.51. The van der Waals surface area contributed by atoms with E-state index in [0.717, 1.165) is 30.9 Å². The first-order chi connectivity index (χ1) is 15.1. The van der Waals surface area contributed by atoms with Crippen molar-refractivity contribution in [3.63, 3.8) is 0 Å². The van der Waals surface area contributed by atoms with Crippen molar-refractivity contribution in [2.24, 2.45) is 10.9 Å². The fourth-order valence-corrected chi connectivity index (χ4v) is 5.22. The van der Waals surface area contributed by atoms with Gasteiger partial charge in [-0.05, 0) is 43.0 Å². The number of nitrogens with one attached hydrogen (secondary N) is 2. The molecule has 32 heavy (non-hydrogen) atoms. The number of nitrogens with zero attached hydrogens (tertiary/aromatic N) is 5. The first kappa shape index (κ1) is 24.4. The molecule has 2 N–H and O–H groups in total. The van der Waals surface area contributed by atoms with Gasteiger partial charge >= 0.3 is 0 Å². The van der Waals surface area contributed by atoms with Crippen LogP contribution in [0.2, 0.25) is 0 Å². The monoisotopic (exact) mass is 569 g/mol. The maximum absolute atomic E-state index is 12.8. The number of hydrogen-bond acceptors (Lipinski definition) is 5. The smallest absolute Gasteiger partial charge is 0.243 e. The van der Waals surface area contributed by atoms with Crippen molar-refractivity contribution < 1.29 is 8.42 Å². The third-order valence-corrected chi connectivity index (χ3v) is 7.45. The number of sulfonamides is 1. The van der Waals surface area contributed by atoms with E-state index in [1.54, 1.807) is 35.6 Å². The lowest BCUT2D eigenvalue weighted by atomic mass is 9.98. The Bertz CT molecular complexity index is 1140. The van der Waals surface area contributed by atoms with Crippen LogP contribution in [0.25, 0.3) is 5.65 Å². The summed E-state index contributed by atoms with van der Waals surface area (Å²) in [6, 6.07) is 14.4. The molecule has 2 aromatic heterocycles. The molecule has 3 aromatic rings. The third-order valence-electron chi connectivity index (χ3n) is 5.53. The van der Waals surface area contributed by atoms with Gasteiger partial charge in [-0.25, -0.2) is 8.42 Å². The van der Waals surface area contributed by atoms with Gasteiger partial charge in [-0.1, -0.05) is 24.3 Å². The van der Waals surface area contributed by atoms with Crippen LogP contribution in [-0.4, -0.2) is 60.0 Å². The molecule has 3 heterocycles. The molecule has 0 aliphatic carbocycles. The number of guanidine groups is 1. The normalized spacial score (nSPS) is 16.0. The van der Waals surface area contributed by atoms with Gasteiger partial charge in [0.25, 0.3) is 0 Å². The topological polar surface area (TPSA) is 104 Å². The zero-order valence-corrected chi connectivity index (χ0v) is 21.0. The highest BCUT2D eigenvalue weighted by Crippen LogP contribution is 2.23. The molecule has 0 atom stereocenters. The van der Waals surface area contributed by atoms with Crippen LogP contribution in [0, 0.1) is 5.92 Å². The number of pyridine rings is 1. The Kier molecular flexibility index (Phi) is 8.43. The van der Waals surface area contributed by atoms with Gasteiger partial charge in [-0.3, -0.25) is 9.39 Å². The molecular weight excluding hydrogens is 541 g/mol. The van der Waals surface area contributed by atoms with Gasteiger partial charge < -0.3 is 10.6 Å². The molecule has 172 valence electrons. The SMILES string of the molecule is CN=C(NCc1nnc2ccccn12)NCC1CCN(S(=O)(=O)c2ccccc2)CC1.I. The minimum absolute atomic E-state index is 0. The summed E-state index contributed by atoms with van der Waals surface area (Å²) in [7, 11) is -1.68. The van der Waals surface area contributed by atoms with E-state index in [1.807, 2.05) is 34.9 Å². The van der Waals surface area contributed by atoms with Crippen molar-refractivity contribution in [1.82, 2.24) is 29.5 Å². The van der Waals surface area contributed by atoms with Crippen LogP contribution in [0.15, 0.2) is 64.6 Å². The third kappa shape index (κ3) is 5.56. The summed E-state index contributed by atoms with van der Waals surface area (Å²) in [5.41, 5.74) is 0.805. The number of benzene rings is 1. The van der Waals surface area contributed by atoms with Crippen molar-refractivity contribution in [2.45, 2.75) is 24.3 Å². The molecule has 0 amide bonds. The minimum Gasteiger partial charge on any atom is -0.356 e. The molecule has 0 saturated carbocycles. The van der Waals surface area contributed by atoms with Crippen molar-refractivity contribution in [3.05, 3.63) is 60.6 Å². The Hall–Kier alpha value is -2.25. The highest BCUT2D eigenvalue weighted by molar-refractivity contribution is 14.0. The molecule has 1 saturated heterocycles. The van der Waals surface area contributed by atoms with Crippen molar-refractivity contribution in [1.29, 1.82) is 0 Å². The van der Waals surface area contributed by atoms with E-state index in [2.05, 4.69) is 25.8 Å². The van der Waals surface area contributed by atoms with E-state index in [4.69, 9.17) is 0 Å². The summed E-state index contributed by atoms with van der Waals surface area (Å²) in [5.74, 6) is 1.87. The van der Waals surface area contributed by atoms with E-state index in [-0.39, 0.29) is 24.0 Å². The van der Waals surface area contributed by atoms with Gasteiger partial charge in [0.1, 0.15) is 0 Å². The molecule has 0 unspecified atom stereocenters. The highest BCUT2D eigenvalue weighted by Gasteiger charge is 2.29. The second-order valence-corrected chi connectivity index (χ2v) is 9.45. The lowest BCUT2D eigenvalue weighted by Crippen LogP contribution is -2.44. The Labute approximate surface area is 205 Å². The molecule has 4 rings (SSSR count). The predicted molar refractivity (Wildman–Crippen MR) is 135 cm³/mol. The van der Waals surface area contributed by atoms with Gasteiger partial charge in [0.2, 0.25) is 10.0 Å². The summed E-state index contributed by atoms with van der Waals surface area (Å²) < 4.78 is 29.1. The van der Waals surface area contributed by atoms with Gasteiger partial charge in [0.15, 0.2) is 17.4 Å². The molecule has 1 aliphatic heterocycles. The standard InChI is InChI=1S/C21H27N7O2S.HI/c1-22-21(24-16-20-26-25-19-9-5-6-12-28(19)20)23-15-17-10-13-27(14-11-17)31(29,30)18-7-3-2-4-8-18;/h2-9,12,17H,10-11,13-16H2,1H3,(H2,22,23,24);1H. The Morgan fingerprint density at radius 2 is 1.78 bits per heavy atom. The molecule has 11 heteroatoms. The van der Waals surface area contributed by atoms with Crippen LogP contribution in [0.3, 0.4) is 0 Å². The number of piperidine rings is 1. The minimum atomic E-state index is -3.41. The van der Waals surface area contributed by atoms with Crippen LogP contribution < -0.4 is 10.6 Å². The summed E-state index contributed by atoms with van der Waals surface area (Å²) in [5, 5.41) is 15.0. The summed E-state index contributed by atoms with van der Waals surface area (Å²) in [4.78, 5) is 4.64. The second kappa shape index (κ2) is 11.1. The largest absolute Gasteiger partial charge is 0.356 e. The van der Waals surface area contributed by atoms with E-state index < -0.39 is 10.0 Å². The molecular formula is C21H28IN7O2S. The molecule has 1 aromatic carbocycles. The van der Waals surface area contributed by atoms with E-state index in [1.165, 1.54) is 0 Å². The summed E-state index contributed by atoms with van der Waals surface area (Å²) >= 11 is 0. The van der Waals surface area contributed by atoms with Crippen molar-refractivity contribution in [3.8, 4) is 0 Å². The molecule has 0 bridgehead atoms. The van der Waals surface area contributed by atoms with Gasteiger partial charge in [-0.2, -0.15) is 4.31 Å². The number of hydrogen-bond donors (Lipinski definition) is 2. The van der Waals surface area contributed by atoms with Crippen molar-refractivity contribution >= 4 is 45.6 Å². The van der Waals surface area contributed by atoms with E-state index in [0.29, 0.717) is 36.4 Å². The first-order valence-corrected chi connectivity index (χ1v) is 11.8.